The fourth-order valence-electron chi connectivity index (χ4n) is 0.769. The third-order valence-corrected chi connectivity index (χ3v) is 2.62. The fourth-order valence-corrected chi connectivity index (χ4v) is 1.33. The Bertz CT molecular complexity index is 556. The number of sulfonamides is 1. The maximum absolute atomic E-state index is 12.8. The van der Waals surface area contributed by atoms with E-state index in [2.05, 4.69) is 0 Å². The first-order valence-electron chi connectivity index (χ1n) is 3.76. The average molecular weight is 298 g/mol. The summed E-state index contributed by atoms with van der Waals surface area (Å²) >= 11 is 0. The molecule has 0 radical (unpaired) electrons. The van der Waals surface area contributed by atoms with Gasteiger partial charge in [0.1, 0.15) is 5.69 Å². The van der Waals surface area contributed by atoms with Crippen molar-refractivity contribution in [3.63, 3.8) is 0 Å². The van der Waals surface area contributed by atoms with E-state index in [0.29, 0.717) is 4.72 Å². The number of anilines is 1. The maximum atomic E-state index is 12.8. The molecule has 12 heteroatoms. The molecule has 0 fully saturated rings. The molecule has 0 saturated heterocycles. The number of aromatic nitrogens is 1. The first-order chi connectivity index (χ1) is 7.97. The minimum atomic E-state index is -6.22. The Morgan fingerprint density at radius 2 is 1.33 bits per heavy atom. The van der Waals surface area contributed by atoms with E-state index in [4.69, 9.17) is 0 Å². The Hall–Kier alpha value is -1.59. The van der Waals surface area contributed by atoms with Gasteiger partial charge < -0.3 is 0 Å². The summed E-state index contributed by atoms with van der Waals surface area (Å²) in [6, 6.07) is 0. The molecule has 4 nitrogen and oxygen atoms in total. The second kappa shape index (κ2) is 4.26. The number of halogens is 7. The summed E-state index contributed by atoms with van der Waals surface area (Å²) in [5.41, 5.74) is -8.06. The molecule has 0 aliphatic heterocycles. The van der Waals surface area contributed by atoms with Gasteiger partial charge in [0.2, 0.25) is 11.6 Å². The summed E-state index contributed by atoms with van der Waals surface area (Å²) in [5.74, 6) is -9.40. The Morgan fingerprint density at radius 1 is 0.944 bits per heavy atom. The Balaban J connectivity index is 3.38. The van der Waals surface area contributed by atoms with Crippen molar-refractivity contribution in [3.8, 4) is 0 Å². The predicted molar refractivity (Wildman–Crippen MR) is 42.7 cm³/mol. The third-order valence-electron chi connectivity index (χ3n) is 1.54. The maximum Gasteiger partial charge on any atom is 0.516 e. The smallest absolute Gasteiger partial charge is 0.270 e. The zero-order valence-corrected chi connectivity index (χ0v) is 8.63. The summed E-state index contributed by atoms with van der Waals surface area (Å²) < 4.78 is 108. The minimum Gasteiger partial charge on any atom is -0.270 e. The van der Waals surface area contributed by atoms with Crippen molar-refractivity contribution < 1.29 is 39.2 Å². The summed E-state index contributed by atoms with van der Waals surface area (Å²) in [6.07, 6.45) is 0. The van der Waals surface area contributed by atoms with Crippen molar-refractivity contribution in [2.45, 2.75) is 5.51 Å². The highest BCUT2D eigenvalue weighted by atomic mass is 32.2. The van der Waals surface area contributed by atoms with Crippen LogP contribution in [0.5, 0.6) is 0 Å². The molecule has 0 aliphatic carbocycles. The van der Waals surface area contributed by atoms with Gasteiger partial charge in [-0.15, -0.1) is 0 Å². The molecule has 0 aliphatic rings. The van der Waals surface area contributed by atoms with E-state index in [1.165, 1.54) is 0 Å². The lowest BCUT2D eigenvalue weighted by molar-refractivity contribution is -0.0429. The number of nitrogens with one attached hydrogen (secondary N) is 1. The molecule has 0 saturated carbocycles. The van der Waals surface area contributed by atoms with Gasteiger partial charge in [-0.2, -0.15) is 44.1 Å². The molecule has 0 atom stereocenters. The topological polar surface area (TPSA) is 59.1 Å². The quantitative estimate of drug-likeness (QED) is 0.670. The molecule has 0 aromatic carbocycles. The molecule has 1 aromatic rings. The summed E-state index contributed by atoms with van der Waals surface area (Å²) in [5, 5.41) is 0. The van der Waals surface area contributed by atoms with Gasteiger partial charge in [-0.25, -0.2) is 0 Å². The lowest BCUT2D eigenvalue weighted by Gasteiger charge is -2.11. The molecule has 0 spiro atoms. The second-order valence-corrected chi connectivity index (χ2v) is 4.42. The van der Waals surface area contributed by atoms with Crippen LogP contribution in [-0.4, -0.2) is 18.9 Å². The number of hydrogen-bond acceptors (Lipinski definition) is 3. The monoisotopic (exact) mass is 298 g/mol. The van der Waals surface area contributed by atoms with Crippen LogP contribution in [0.2, 0.25) is 0 Å². The molecule has 18 heavy (non-hydrogen) atoms. The highest BCUT2D eigenvalue weighted by Crippen LogP contribution is 2.29. The average Bonchev–Trinajstić information content (AvgIpc) is 2.20. The van der Waals surface area contributed by atoms with E-state index in [9.17, 15) is 39.2 Å². The van der Waals surface area contributed by atoms with Crippen molar-refractivity contribution in [3.05, 3.63) is 23.5 Å². The van der Waals surface area contributed by atoms with Gasteiger partial charge in [-0.3, -0.25) is 4.72 Å². The molecule has 0 bridgehead atoms. The molecule has 0 amide bonds. The second-order valence-electron chi connectivity index (χ2n) is 2.75. The van der Waals surface area contributed by atoms with E-state index in [0.717, 1.165) is 0 Å². The highest BCUT2D eigenvalue weighted by molar-refractivity contribution is 7.93. The van der Waals surface area contributed by atoms with E-state index >= 15 is 0 Å². The van der Waals surface area contributed by atoms with Crippen LogP contribution in [0.15, 0.2) is 0 Å². The molecule has 1 rings (SSSR count). The summed E-state index contributed by atoms with van der Waals surface area (Å²) in [4.78, 5) is 2.03. The number of rotatable bonds is 2. The molecule has 0 unspecified atom stereocenters. The fraction of sp³-hybridized carbons (Fsp3) is 0.167. The van der Waals surface area contributed by atoms with E-state index in [1.54, 1.807) is 0 Å². The first-order valence-corrected chi connectivity index (χ1v) is 5.24. The zero-order valence-electron chi connectivity index (χ0n) is 7.82. The summed E-state index contributed by atoms with van der Waals surface area (Å²) in [6.45, 7) is 0. The number of hydrogen-bond donors (Lipinski definition) is 1. The molecule has 1 N–H and O–H groups in total. The lowest BCUT2D eigenvalue weighted by atomic mass is 10.4. The van der Waals surface area contributed by atoms with E-state index < -0.39 is 44.7 Å². The molecular formula is C6HF7N2O2S. The van der Waals surface area contributed by atoms with Gasteiger partial charge in [0, 0.05) is 0 Å². The van der Waals surface area contributed by atoms with Crippen molar-refractivity contribution in [1.82, 2.24) is 4.98 Å². The van der Waals surface area contributed by atoms with Crippen molar-refractivity contribution in [2.24, 2.45) is 0 Å². The predicted octanol–water partition coefficient (Wildman–Crippen LogP) is 1.90. The van der Waals surface area contributed by atoms with Gasteiger partial charge in [-0.1, -0.05) is 0 Å². The highest BCUT2D eigenvalue weighted by Gasteiger charge is 2.47. The first kappa shape index (κ1) is 14.5. The minimum absolute atomic E-state index is 0.354. The number of pyridine rings is 1. The molecule has 102 valence electrons. The van der Waals surface area contributed by atoms with Gasteiger partial charge in [0.25, 0.3) is 11.9 Å². The van der Waals surface area contributed by atoms with Gasteiger partial charge >= 0.3 is 15.5 Å². The summed E-state index contributed by atoms with van der Waals surface area (Å²) in [7, 11) is -6.22. The van der Waals surface area contributed by atoms with Crippen LogP contribution in [0.1, 0.15) is 0 Å². The normalized spacial score (nSPS) is 12.6. The molecule has 1 aromatic heterocycles. The Labute approximate surface area is 94.5 Å². The van der Waals surface area contributed by atoms with Gasteiger partial charge in [-0.05, 0) is 0 Å². The van der Waals surface area contributed by atoms with Crippen LogP contribution in [0.4, 0.5) is 36.4 Å². The standard InChI is InChI=1S/C6HF7N2O2S/c7-1-3(2(8)5(10)14-4(1)9)15-18(16,17)6(11,12)13/h(H,14,15). The van der Waals surface area contributed by atoms with Crippen molar-refractivity contribution in [1.29, 1.82) is 0 Å². The van der Waals surface area contributed by atoms with Crippen LogP contribution >= 0.6 is 0 Å². The molecule has 1 heterocycles. The van der Waals surface area contributed by atoms with Crippen LogP contribution < -0.4 is 4.72 Å². The van der Waals surface area contributed by atoms with E-state index in [-0.39, 0.29) is 0 Å². The largest absolute Gasteiger partial charge is 0.516 e. The van der Waals surface area contributed by atoms with Crippen LogP contribution in [0.3, 0.4) is 0 Å². The Kier molecular flexibility index (Phi) is 3.42. The Morgan fingerprint density at radius 3 is 1.67 bits per heavy atom. The SMILES string of the molecule is O=S(=O)(Nc1c(F)c(F)nc(F)c1F)C(F)(F)F. The van der Waals surface area contributed by atoms with Crippen LogP contribution in [0.25, 0.3) is 0 Å². The zero-order chi connectivity index (χ0) is 14.3. The third kappa shape index (κ3) is 2.47. The van der Waals surface area contributed by atoms with Crippen molar-refractivity contribution >= 4 is 15.7 Å². The van der Waals surface area contributed by atoms with Gasteiger partial charge in [0.15, 0.2) is 0 Å². The van der Waals surface area contributed by atoms with Crippen LogP contribution in [0, 0.1) is 23.5 Å². The van der Waals surface area contributed by atoms with Gasteiger partial charge in [0.05, 0.1) is 0 Å². The number of alkyl halides is 3. The lowest BCUT2D eigenvalue weighted by Crippen LogP contribution is -2.31. The molecular weight excluding hydrogens is 297 g/mol. The van der Waals surface area contributed by atoms with Crippen molar-refractivity contribution in [2.75, 3.05) is 4.72 Å². The number of nitrogens with zero attached hydrogens (tertiary/aromatic N) is 1. The van der Waals surface area contributed by atoms with E-state index in [1.807, 2.05) is 4.98 Å². The van der Waals surface area contributed by atoms with Crippen LogP contribution in [-0.2, 0) is 10.0 Å².